The standard InChI is InChI=1S/C12H14N2S/c1-9-4-5-10(8-14-9)12(13)7-11-3-2-6-15-11/h2-6,8,12H,7,13H2,1H3. The van der Waals surface area contributed by atoms with E-state index in [2.05, 4.69) is 28.6 Å². The minimum absolute atomic E-state index is 0.0525. The maximum absolute atomic E-state index is 6.10. The summed E-state index contributed by atoms with van der Waals surface area (Å²) in [4.78, 5) is 5.58. The zero-order valence-corrected chi connectivity index (χ0v) is 9.50. The predicted octanol–water partition coefficient (Wildman–Crippen LogP) is 2.69. The van der Waals surface area contributed by atoms with Crippen molar-refractivity contribution >= 4 is 11.3 Å². The van der Waals surface area contributed by atoms with Gasteiger partial charge in [-0.25, -0.2) is 0 Å². The zero-order valence-electron chi connectivity index (χ0n) is 8.68. The average molecular weight is 218 g/mol. The highest BCUT2D eigenvalue weighted by Crippen LogP contribution is 2.18. The van der Waals surface area contributed by atoms with Crippen molar-refractivity contribution in [3.63, 3.8) is 0 Å². The van der Waals surface area contributed by atoms with Crippen LogP contribution in [0.3, 0.4) is 0 Å². The summed E-state index contributed by atoms with van der Waals surface area (Å²) in [5.41, 5.74) is 8.24. The van der Waals surface area contributed by atoms with Gasteiger partial charge in [0.15, 0.2) is 0 Å². The topological polar surface area (TPSA) is 38.9 Å². The van der Waals surface area contributed by atoms with Crippen LogP contribution in [0.15, 0.2) is 35.8 Å². The summed E-state index contributed by atoms with van der Waals surface area (Å²) in [6.45, 7) is 1.98. The van der Waals surface area contributed by atoms with E-state index in [1.807, 2.05) is 19.2 Å². The van der Waals surface area contributed by atoms with Crippen molar-refractivity contribution < 1.29 is 0 Å². The molecule has 0 fully saturated rings. The molecule has 2 nitrogen and oxygen atoms in total. The Morgan fingerprint density at radius 2 is 2.27 bits per heavy atom. The first-order valence-electron chi connectivity index (χ1n) is 4.96. The van der Waals surface area contributed by atoms with E-state index in [1.54, 1.807) is 11.3 Å². The minimum Gasteiger partial charge on any atom is -0.324 e. The summed E-state index contributed by atoms with van der Waals surface area (Å²) < 4.78 is 0. The molecular formula is C12H14N2S. The van der Waals surface area contributed by atoms with Crippen LogP contribution in [0.5, 0.6) is 0 Å². The zero-order chi connectivity index (χ0) is 10.7. The Labute approximate surface area is 93.8 Å². The van der Waals surface area contributed by atoms with Crippen LogP contribution in [-0.2, 0) is 6.42 Å². The number of aryl methyl sites for hydroxylation is 1. The van der Waals surface area contributed by atoms with Crippen molar-refractivity contribution in [2.24, 2.45) is 5.73 Å². The molecule has 78 valence electrons. The largest absolute Gasteiger partial charge is 0.324 e. The van der Waals surface area contributed by atoms with Crippen molar-refractivity contribution in [3.8, 4) is 0 Å². The van der Waals surface area contributed by atoms with Crippen LogP contribution in [0.4, 0.5) is 0 Å². The van der Waals surface area contributed by atoms with E-state index >= 15 is 0 Å². The van der Waals surface area contributed by atoms with Gasteiger partial charge in [-0.2, -0.15) is 0 Å². The van der Waals surface area contributed by atoms with Crippen molar-refractivity contribution in [3.05, 3.63) is 52.0 Å². The molecule has 3 heteroatoms. The fraction of sp³-hybridized carbons (Fsp3) is 0.250. The SMILES string of the molecule is Cc1ccc(C(N)Cc2cccs2)cn1. The Balaban J connectivity index is 2.08. The van der Waals surface area contributed by atoms with Crippen LogP contribution < -0.4 is 5.73 Å². The first-order chi connectivity index (χ1) is 7.25. The molecule has 0 aliphatic carbocycles. The molecule has 2 heterocycles. The molecule has 2 aromatic heterocycles. The molecule has 0 saturated heterocycles. The maximum atomic E-state index is 6.10. The van der Waals surface area contributed by atoms with Crippen molar-refractivity contribution in [2.45, 2.75) is 19.4 Å². The molecule has 0 bridgehead atoms. The Morgan fingerprint density at radius 1 is 1.40 bits per heavy atom. The lowest BCUT2D eigenvalue weighted by molar-refractivity contribution is 0.725. The van der Waals surface area contributed by atoms with Crippen molar-refractivity contribution in [1.82, 2.24) is 4.98 Å². The van der Waals surface area contributed by atoms with E-state index in [-0.39, 0.29) is 6.04 Å². The van der Waals surface area contributed by atoms with E-state index in [0.29, 0.717) is 0 Å². The van der Waals surface area contributed by atoms with Crippen LogP contribution in [0.1, 0.15) is 22.2 Å². The highest BCUT2D eigenvalue weighted by Gasteiger charge is 2.07. The van der Waals surface area contributed by atoms with Crippen LogP contribution in [0.2, 0.25) is 0 Å². The van der Waals surface area contributed by atoms with Crippen LogP contribution in [0.25, 0.3) is 0 Å². The van der Waals surface area contributed by atoms with Crippen LogP contribution in [-0.4, -0.2) is 4.98 Å². The molecule has 0 aliphatic heterocycles. The Bertz CT molecular complexity index is 406. The number of hydrogen-bond acceptors (Lipinski definition) is 3. The van der Waals surface area contributed by atoms with E-state index in [1.165, 1.54) is 4.88 Å². The molecule has 0 spiro atoms. The summed E-state index contributed by atoms with van der Waals surface area (Å²) in [5.74, 6) is 0. The third-order valence-electron chi connectivity index (χ3n) is 2.36. The smallest absolute Gasteiger partial charge is 0.0372 e. The molecule has 1 atom stereocenters. The van der Waals surface area contributed by atoms with Gasteiger partial charge in [0.25, 0.3) is 0 Å². The fourth-order valence-corrected chi connectivity index (χ4v) is 2.23. The lowest BCUT2D eigenvalue weighted by Crippen LogP contribution is -2.12. The predicted molar refractivity (Wildman–Crippen MR) is 63.9 cm³/mol. The first-order valence-corrected chi connectivity index (χ1v) is 5.84. The van der Waals surface area contributed by atoms with Crippen LogP contribution in [0, 0.1) is 6.92 Å². The third kappa shape index (κ3) is 2.64. The van der Waals surface area contributed by atoms with Gasteiger partial charge in [-0.15, -0.1) is 11.3 Å². The van der Waals surface area contributed by atoms with Gasteiger partial charge in [0.05, 0.1) is 0 Å². The van der Waals surface area contributed by atoms with E-state index in [4.69, 9.17) is 5.73 Å². The highest BCUT2D eigenvalue weighted by molar-refractivity contribution is 7.09. The first kappa shape index (κ1) is 10.3. The van der Waals surface area contributed by atoms with Crippen molar-refractivity contribution in [2.75, 3.05) is 0 Å². The molecule has 0 radical (unpaired) electrons. The van der Waals surface area contributed by atoms with E-state index in [0.717, 1.165) is 17.7 Å². The summed E-state index contributed by atoms with van der Waals surface area (Å²) in [5, 5.41) is 2.08. The Hall–Kier alpha value is -1.19. The number of thiophene rings is 1. The van der Waals surface area contributed by atoms with Gasteiger partial charge >= 0.3 is 0 Å². The molecule has 0 saturated carbocycles. The second-order valence-corrected chi connectivity index (χ2v) is 4.66. The van der Waals surface area contributed by atoms with Gasteiger partial charge in [-0.05, 0) is 30.0 Å². The second-order valence-electron chi connectivity index (χ2n) is 3.62. The quantitative estimate of drug-likeness (QED) is 0.860. The Kier molecular flexibility index (Phi) is 3.14. The van der Waals surface area contributed by atoms with Crippen LogP contribution >= 0.6 is 11.3 Å². The fourth-order valence-electron chi connectivity index (χ4n) is 1.46. The van der Waals surface area contributed by atoms with Gasteiger partial charge in [0.1, 0.15) is 0 Å². The van der Waals surface area contributed by atoms with Gasteiger partial charge in [0.2, 0.25) is 0 Å². The molecule has 0 aromatic carbocycles. The summed E-state index contributed by atoms with van der Waals surface area (Å²) in [6, 6.07) is 8.29. The monoisotopic (exact) mass is 218 g/mol. The lowest BCUT2D eigenvalue weighted by Gasteiger charge is -2.10. The molecule has 1 unspecified atom stereocenters. The number of nitrogens with zero attached hydrogens (tertiary/aromatic N) is 1. The van der Waals surface area contributed by atoms with E-state index in [9.17, 15) is 0 Å². The van der Waals surface area contributed by atoms with Gasteiger partial charge in [-0.3, -0.25) is 4.98 Å². The molecule has 0 aliphatic rings. The Morgan fingerprint density at radius 3 is 2.87 bits per heavy atom. The number of hydrogen-bond donors (Lipinski definition) is 1. The molecule has 0 amide bonds. The van der Waals surface area contributed by atoms with E-state index < -0.39 is 0 Å². The average Bonchev–Trinajstić information content (AvgIpc) is 2.71. The molecule has 2 N–H and O–H groups in total. The molecule has 15 heavy (non-hydrogen) atoms. The summed E-state index contributed by atoms with van der Waals surface area (Å²) >= 11 is 1.75. The molecule has 2 rings (SSSR count). The second kappa shape index (κ2) is 4.55. The highest BCUT2D eigenvalue weighted by atomic mass is 32.1. The summed E-state index contributed by atoms with van der Waals surface area (Å²) in [7, 11) is 0. The summed E-state index contributed by atoms with van der Waals surface area (Å²) in [6.07, 6.45) is 2.76. The lowest BCUT2D eigenvalue weighted by atomic mass is 10.1. The third-order valence-corrected chi connectivity index (χ3v) is 3.26. The number of rotatable bonds is 3. The van der Waals surface area contributed by atoms with Gasteiger partial charge in [0, 0.05) is 29.2 Å². The van der Waals surface area contributed by atoms with Gasteiger partial charge < -0.3 is 5.73 Å². The number of aromatic nitrogens is 1. The molecule has 2 aromatic rings. The number of nitrogens with two attached hydrogens (primary N) is 1. The number of pyridine rings is 1. The van der Waals surface area contributed by atoms with Gasteiger partial charge in [-0.1, -0.05) is 12.1 Å². The molecular weight excluding hydrogens is 204 g/mol. The minimum atomic E-state index is 0.0525. The maximum Gasteiger partial charge on any atom is 0.0372 e. The normalized spacial score (nSPS) is 12.7. The van der Waals surface area contributed by atoms with Crippen molar-refractivity contribution in [1.29, 1.82) is 0 Å².